The third-order valence-electron chi connectivity index (χ3n) is 7.63. The molecule has 2 aromatic carbocycles. The second kappa shape index (κ2) is 17.3. The first kappa shape index (κ1) is 31.9. The highest BCUT2D eigenvalue weighted by atomic mass is 16.5. The molecule has 1 unspecified atom stereocenters. The highest BCUT2D eigenvalue weighted by Gasteiger charge is 2.31. The molecule has 2 heterocycles. The van der Waals surface area contributed by atoms with Gasteiger partial charge in [0.25, 0.3) is 0 Å². The number of nitrogens with zero attached hydrogens (tertiary/aromatic N) is 2. The summed E-state index contributed by atoms with van der Waals surface area (Å²) in [7, 11) is 0. The number of rotatable bonds is 11. The van der Waals surface area contributed by atoms with Gasteiger partial charge in [0.05, 0.1) is 13.2 Å². The van der Waals surface area contributed by atoms with Crippen molar-refractivity contribution in [3.05, 3.63) is 72.3 Å². The van der Waals surface area contributed by atoms with E-state index in [-0.39, 0.29) is 5.41 Å². The first-order valence-electron chi connectivity index (χ1n) is 15.1. The molecule has 0 radical (unpaired) electrons. The summed E-state index contributed by atoms with van der Waals surface area (Å²) in [6.45, 7) is 24.0. The fourth-order valence-electron chi connectivity index (χ4n) is 5.10. The first-order chi connectivity index (χ1) is 18.5. The molecular weight excluding hydrogens is 468 g/mol. The van der Waals surface area contributed by atoms with Gasteiger partial charge in [0.1, 0.15) is 11.5 Å². The molecule has 0 spiro atoms. The lowest BCUT2D eigenvalue weighted by Gasteiger charge is -2.39. The largest absolute Gasteiger partial charge is 0.494 e. The number of likely N-dealkylation sites (tertiary alicyclic amines) is 2. The van der Waals surface area contributed by atoms with Gasteiger partial charge in [-0.2, -0.15) is 0 Å². The summed E-state index contributed by atoms with van der Waals surface area (Å²) in [5, 5.41) is 0. The lowest BCUT2D eigenvalue weighted by molar-refractivity contribution is 0.0551. The Morgan fingerprint density at radius 3 is 2.21 bits per heavy atom. The minimum atomic E-state index is 0.200. The molecule has 2 saturated heterocycles. The van der Waals surface area contributed by atoms with E-state index in [0.717, 1.165) is 81.8 Å². The van der Waals surface area contributed by atoms with E-state index in [2.05, 4.69) is 72.7 Å². The molecule has 0 saturated carbocycles. The van der Waals surface area contributed by atoms with E-state index in [1.807, 2.05) is 39.8 Å². The van der Waals surface area contributed by atoms with Gasteiger partial charge in [-0.3, -0.25) is 4.90 Å². The van der Waals surface area contributed by atoms with Crippen molar-refractivity contribution in [1.82, 2.24) is 9.80 Å². The van der Waals surface area contributed by atoms with Gasteiger partial charge >= 0.3 is 0 Å². The highest BCUT2D eigenvalue weighted by molar-refractivity contribution is 5.58. The molecule has 2 aliphatic rings. The Morgan fingerprint density at radius 2 is 1.61 bits per heavy atom. The topological polar surface area (TPSA) is 24.9 Å². The summed E-state index contributed by atoms with van der Waals surface area (Å²) in [5.41, 5.74) is 2.62. The average molecular weight is 523 g/mol. The summed E-state index contributed by atoms with van der Waals surface area (Å²) in [5.74, 6) is 1.67. The van der Waals surface area contributed by atoms with Gasteiger partial charge in [-0.1, -0.05) is 71.5 Å². The number of hydrogen-bond acceptors (Lipinski definition) is 4. The van der Waals surface area contributed by atoms with Crippen molar-refractivity contribution in [1.29, 1.82) is 0 Å². The second-order valence-electron chi connectivity index (χ2n) is 10.5. The molecule has 0 aromatic heterocycles. The summed E-state index contributed by atoms with van der Waals surface area (Å²) in [6.07, 6.45) is 6.04. The molecule has 4 heteroatoms. The molecule has 2 aromatic rings. The van der Waals surface area contributed by atoms with Crippen molar-refractivity contribution in [2.75, 3.05) is 39.4 Å². The molecule has 212 valence electrons. The lowest BCUT2D eigenvalue weighted by Crippen LogP contribution is -2.40. The first-order valence-corrected chi connectivity index (χ1v) is 15.1. The average Bonchev–Trinajstić information content (AvgIpc) is 3.38. The van der Waals surface area contributed by atoms with E-state index in [9.17, 15) is 0 Å². The molecule has 4 nitrogen and oxygen atoms in total. The van der Waals surface area contributed by atoms with Gasteiger partial charge in [-0.15, -0.1) is 0 Å². The normalized spacial score (nSPS) is 18.9. The van der Waals surface area contributed by atoms with E-state index in [4.69, 9.17) is 9.47 Å². The van der Waals surface area contributed by atoms with Crippen molar-refractivity contribution in [2.45, 2.75) is 86.2 Å². The summed E-state index contributed by atoms with van der Waals surface area (Å²) in [4.78, 5) is 5.12. The van der Waals surface area contributed by atoms with Crippen LogP contribution in [0.5, 0.6) is 5.75 Å². The second-order valence-corrected chi connectivity index (χ2v) is 10.5. The molecule has 0 aliphatic carbocycles. The Bertz CT molecular complexity index is 888. The van der Waals surface area contributed by atoms with Crippen molar-refractivity contribution < 1.29 is 9.47 Å². The standard InChI is InChI=1S/C30H42N2O2.2C2H6/c1-25-9-7-18-32(25)19-8-22-33-29-14-12-28(13-15-29)26(2)34-24-30(3)16-20-31(21-17-30)23-27-10-5-4-6-11-27;2*1-2/h4-6,10-15,25H,2,7-9,16-24H2,1,3H3;2*1-2H3. The van der Waals surface area contributed by atoms with Crippen LogP contribution in [0.4, 0.5) is 0 Å². The zero-order valence-electron chi connectivity index (χ0n) is 25.2. The van der Waals surface area contributed by atoms with Crippen LogP contribution < -0.4 is 4.74 Å². The van der Waals surface area contributed by atoms with Gasteiger partial charge in [0.2, 0.25) is 0 Å². The number of benzene rings is 2. The third kappa shape index (κ3) is 10.5. The van der Waals surface area contributed by atoms with Crippen molar-refractivity contribution in [3.8, 4) is 5.75 Å². The van der Waals surface area contributed by atoms with E-state index in [1.54, 1.807) is 0 Å². The molecule has 4 rings (SSSR count). The smallest absolute Gasteiger partial charge is 0.119 e. The quantitative estimate of drug-likeness (QED) is 0.219. The van der Waals surface area contributed by atoms with Gasteiger partial charge in [-0.25, -0.2) is 0 Å². The van der Waals surface area contributed by atoms with Gasteiger partial charge in [0, 0.05) is 30.1 Å². The Kier molecular flexibility index (Phi) is 14.5. The zero-order valence-corrected chi connectivity index (χ0v) is 25.2. The minimum Gasteiger partial charge on any atom is -0.494 e. The van der Waals surface area contributed by atoms with Crippen molar-refractivity contribution >= 4 is 5.76 Å². The summed E-state index contributed by atoms with van der Waals surface area (Å²) in [6, 6.07) is 19.7. The third-order valence-corrected chi connectivity index (χ3v) is 7.63. The van der Waals surface area contributed by atoms with Gasteiger partial charge in [-0.05, 0) is 88.5 Å². The maximum atomic E-state index is 6.17. The Hall–Kier alpha value is -2.30. The van der Waals surface area contributed by atoms with Crippen LogP contribution in [0, 0.1) is 5.41 Å². The number of ether oxygens (including phenoxy) is 2. The Balaban J connectivity index is 0.00000121. The zero-order chi connectivity index (χ0) is 27.8. The van der Waals surface area contributed by atoms with Crippen LogP contribution in [-0.2, 0) is 11.3 Å². The molecule has 1 atom stereocenters. The van der Waals surface area contributed by atoms with Crippen molar-refractivity contribution in [2.24, 2.45) is 5.41 Å². The van der Waals surface area contributed by atoms with Crippen LogP contribution in [0.25, 0.3) is 5.76 Å². The molecule has 0 amide bonds. The van der Waals surface area contributed by atoms with E-state index in [0.29, 0.717) is 0 Å². The van der Waals surface area contributed by atoms with Crippen molar-refractivity contribution in [3.63, 3.8) is 0 Å². The minimum absolute atomic E-state index is 0.200. The Labute approximate surface area is 234 Å². The van der Waals surface area contributed by atoms with Gasteiger partial charge < -0.3 is 14.4 Å². The fraction of sp³-hybridized carbons (Fsp3) is 0.588. The van der Waals surface area contributed by atoms with Crippen LogP contribution in [0.3, 0.4) is 0 Å². The summed E-state index contributed by atoms with van der Waals surface area (Å²) >= 11 is 0. The molecule has 0 N–H and O–H groups in total. The number of piperidine rings is 1. The predicted octanol–water partition coefficient (Wildman–Crippen LogP) is 8.28. The molecule has 38 heavy (non-hydrogen) atoms. The van der Waals surface area contributed by atoms with E-state index in [1.165, 1.54) is 24.9 Å². The van der Waals surface area contributed by atoms with Crippen LogP contribution in [-0.4, -0.2) is 55.2 Å². The molecule has 0 bridgehead atoms. The lowest BCUT2D eigenvalue weighted by atomic mass is 9.81. The van der Waals surface area contributed by atoms with E-state index < -0.39 is 0 Å². The fourth-order valence-corrected chi connectivity index (χ4v) is 5.10. The maximum Gasteiger partial charge on any atom is 0.119 e. The van der Waals surface area contributed by atoms with Gasteiger partial charge in [0.15, 0.2) is 0 Å². The SMILES string of the molecule is C=C(OCC1(C)CCN(Cc2ccccc2)CC1)c1ccc(OCCCN2CCCC2C)cc1.CC.CC. The predicted molar refractivity (Wildman–Crippen MR) is 164 cm³/mol. The molecule has 2 aliphatic heterocycles. The Morgan fingerprint density at radius 1 is 0.947 bits per heavy atom. The van der Waals surface area contributed by atoms with Crippen LogP contribution in [0.2, 0.25) is 0 Å². The van der Waals surface area contributed by atoms with Crippen LogP contribution >= 0.6 is 0 Å². The number of hydrogen-bond donors (Lipinski definition) is 0. The van der Waals surface area contributed by atoms with Crippen LogP contribution in [0.1, 0.15) is 84.8 Å². The molecular formula is C34H54N2O2. The maximum absolute atomic E-state index is 6.17. The highest BCUT2D eigenvalue weighted by Crippen LogP contribution is 2.33. The van der Waals surface area contributed by atoms with Crippen LogP contribution in [0.15, 0.2) is 61.2 Å². The monoisotopic (exact) mass is 522 g/mol. The van der Waals surface area contributed by atoms with E-state index >= 15 is 0 Å². The summed E-state index contributed by atoms with van der Waals surface area (Å²) < 4.78 is 12.1. The molecule has 2 fully saturated rings.